The smallest absolute Gasteiger partial charge is 0.280 e. The Hall–Kier alpha value is -2.73. The summed E-state index contributed by atoms with van der Waals surface area (Å²) in [6.07, 6.45) is 0.809. The van der Waals surface area contributed by atoms with Gasteiger partial charge < -0.3 is 14.2 Å². The zero-order valence-electron chi connectivity index (χ0n) is 12.9. The molecule has 6 nitrogen and oxygen atoms in total. The molecule has 0 spiro atoms. The third kappa shape index (κ3) is 3.97. The highest BCUT2D eigenvalue weighted by molar-refractivity contribution is 6.30. The third-order valence-electron chi connectivity index (χ3n) is 3.26. The fourth-order valence-electron chi connectivity index (χ4n) is 2.05. The molecule has 24 heavy (non-hydrogen) atoms. The Kier molecular flexibility index (Phi) is 4.86. The highest BCUT2D eigenvalue weighted by Gasteiger charge is 2.14. The van der Waals surface area contributed by atoms with Crippen LogP contribution in [0.15, 0.2) is 47.6 Å². The third-order valence-corrected chi connectivity index (χ3v) is 3.50. The van der Waals surface area contributed by atoms with Crippen LogP contribution in [0.3, 0.4) is 0 Å². The molecule has 0 aromatic heterocycles. The van der Waals surface area contributed by atoms with E-state index in [1.807, 2.05) is 6.07 Å². The van der Waals surface area contributed by atoms with Gasteiger partial charge in [0.1, 0.15) is 5.75 Å². The van der Waals surface area contributed by atoms with Crippen molar-refractivity contribution in [1.82, 2.24) is 5.43 Å². The van der Waals surface area contributed by atoms with Gasteiger partial charge >= 0.3 is 0 Å². The summed E-state index contributed by atoms with van der Waals surface area (Å²) in [5.41, 5.74) is 3.21. The number of hydrazone groups is 1. The normalized spacial score (nSPS) is 13.8. The molecule has 1 heterocycles. The standard InChI is InChI=1S/C17H15ClN2O4/c1-11(24-14-4-2-3-13(18)8-14)17(21)20-19-9-12-5-6-15-16(7-12)23-10-22-15/h2-9,11H,10H2,1H3,(H,20,21)/b19-9-/t11-/m1/s1. The topological polar surface area (TPSA) is 69.2 Å². The number of ether oxygens (including phenoxy) is 3. The molecule has 0 unspecified atom stereocenters. The Bertz CT molecular complexity index is 779. The van der Waals surface area contributed by atoms with Gasteiger partial charge in [-0.25, -0.2) is 5.43 Å². The van der Waals surface area contributed by atoms with Crippen molar-refractivity contribution in [2.24, 2.45) is 5.10 Å². The Morgan fingerprint density at radius 3 is 2.96 bits per heavy atom. The van der Waals surface area contributed by atoms with Crippen LogP contribution in [0.2, 0.25) is 5.02 Å². The number of halogens is 1. The summed E-state index contributed by atoms with van der Waals surface area (Å²) in [6, 6.07) is 12.2. The lowest BCUT2D eigenvalue weighted by Crippen LogP contribution is -2.33. The molecule has 1 N–H and O–H groups in total. The van der Waals surface area contributed by atoms with Gasteiger partial charge in [0.05, 0.1) is 6.21 Å². The van der Waals surface area contributed by atoms with E-state index in [0.29, 0.717) is 22.3 Å². The molecule has 1 amide bonds. The Morgan fingerprint density at radius 1 is 1.29 bits per heavy atom. The number of carbonyl (C=O) groups is 1. The fraction of sp³-hybridized carbons (Fsp3) is 0.176. The van der Waals surface area contributed by atoms with E-state index in [-0.39, 0.29) is 12.7 Å². The second kappa shape index (κ2) is 7.23. The molecule has 0 saturated heterocycles. The second-order valence-corrected chi connectivity index (χ2v) is 5.50. The van der Waals surface area contributed by atoms with E-state index >= 15 is 0 Å². The van der Waals surface area contributed by atoms with Crippen molar-refractivity contribution in [3.63, 3.8) is 0 Å². The monoisotopic (exact) mass is 346 g/mol. The van der Waals surface area contributed by atoms with Crippen molar-refractivity contribution in [2.45, 2.75) is 13.0 Å². The summed E-state index contributed by atoms with van der Waals surface area (Å²) in [7, 11) is 0. The molecule has 1 atom stereocenters. The molecule has 2 aromatic rings. The van der Waals surface area contributed by atoms with Crippen LogP contribution < -0.4 is 19.6 Å². The van der Waals surface area contributed by atoms with Gasteiger partial charge in [0, 0.05) is 5.02 Å². The lowest BCUT2D eigenvalue weighted by Gasteiger charge is -2.12. The number of carbonyl (C=O) groups excluding carboxylic acids is 1. The predicted molar refractivity (Wildman–Crippen MR) is 89.8 cm³/mol. The first-order chi connectivity index (χ1) is 11.6. The minimum absolute atomic E-state index is 0.213. The molecule has 0 radical (unpaired) electrons. The summed E-state index contributed by atoms with van der Waals surface area (Å²) < 4.78 is 16.0. The number of rotatable bonds is 5. The number of amides is 1. The molecule has 124 valence electrons. The van der Waals surface area contributed by atoms with Crippen LogP contribution in [0.1, 0.15) is 12.5 Å². The Labute approximate surface area is 144 Å². The van der Waals surface area contributed by atoms with E-state index in [1.165, 1.54) is 6.21 Å². The van der Waals surface area contributed by atoms with Crippen molar-refractivity contribution in [2.75, 3.05) is 6.79 Å². The van der Waals surface area contributed by atoms with Gasteiger partial charge in [0.25, 0.3) is 5.91 Å². The molecule has 1 aliphatic heterocycles. The van der Waals surface area contributed by atoms with Gasteiger partial charge in [-0.1, -0.05) is 17.7 Å². The number of benzene rings is 2. The number of nitrogens with one attached hydrogen (secondary N) is 1. The van der Waals surface area contributed by atoms with Crippen LogP contribution in [-0.4, -0.2) is 25.0 Å². The molecule has 3 rings (SSSR count). The van der Waals surface area contributed by atoms with Crippen molar-refractivity contribution in [3.05, 3.63) is 53.1 Å². The number of hydrogen-bond donors (Lipinski definition) is 1. The minimum atomic E-state index is -0.711. The van der Waals surface area contributed by atoms with Gasteiger partial charge in [-0.2, -0.15) is 5.10 Å². The predicted octanol–water partition coefficient (Wildman–Crippen LogP) is 2.99. The largest absolute Gasteiger partial charge is 0.481 e. The van der Waals surface area contributed by atoms with Gasteiger partial charge in [0.15, 0.2) is 17.6 Å². The van der Waals surface area contributed by atoms with Crippen molar-refractivity contribution >= 4 is 23.7 Å². The van der Waals surface area contributed by atoms with Gasteiger partial charge in [-0.15, -0.1) is 0 Å². The molecule has 2 aromatic carbocycles. The summed E-state index contributed by atoms with van der Waals surface area (Å²) in [5, 5.41) is 4.46. The fourth-order valence-corrected chi connectivity index (χ4v) is 2.23. The molecule has 7 heteroatoms. The maximum atomic E-state index is 12.0. The van der Waals surface area contributed by atoms with E-state index < -0.39 is 6.10 Å². The molecule has 0 fully saturated rings. The van der Waals surface area contributed by atoms with Crippen LogP contribution in [0.5, 0.6) is 17.2 Å². The average Bonchev–Trinajstić information content (AvgIpc) is 3.02. The van der Waals surface area contributed by atoms with Crippen molar-refractivity contribution in [3.8, 4) is 17.2 Å². The number of nitrogens with zero attached hydrogens (tertiary/aromatic N) is 1. The van der Waals surface area contributed by atoms with Crippen LogP contribution in [0, 0.1) is 0 Å². The molecule has 0 aliphatic carbocycles. The quantitative estimate of drug-likeness (QED) is 0.667. The van der Waals surface area contributed by atoms with Crippen LogP contribution in [-0.2, 0) is 4.79 Å². The van der Waals surface area contributed by atoms with Gasteiger partial charge in [-0.05, 0) is 48.9 Å². The lowest BCUT2D eigenvalue weighted by atomic mass is 10.2. The first-order valence-electron chi connectivity index (χ1n) is 7.26. The van der Waals surface area contributed by atoms with E-state index in [0.717, 1.165) is 5.56 Å². The molecule has 0 bridgehead atoms. The Morgan fingerprint density at radius 2 is 2.12 bits per heavy atom. The zero-order valence-corrected chi connectivity index (χ0v) is 13.6. The van der Waals surface area contributed by atoms with Crippen molar-refractivity contribution in [1.29, 1.82) is 0 Å². The van der Waals surface area contributed by atoms with E-state index in [2.05, 4.69) is 10.5 Å². The summed E-state index contributed by atoms with van der Waals surface area (Å²) in [6.45, 7) is 1.84. The summed E-state index contributed by atoms with van der Waals surface area (Å²) in [5.74, 6) is 1.50. The van der Waals surface area contributed by atoms with Crippen LogP contribution in [0.4, 0.5) is 0 Å². The van der Waals surface area contributed by atoms with Gasteiger partial charge in [0.2, 0.25) is 6.79 Å². The molecule has 0 saturated carbocycles. The van der Waals surface area contributed by atoms with Crippen LogP contribution in [0.25, 0.3) is 0 Å². The van der Waals surface area contributed by atoms with Crippen molar-refractivity contribution < 1.29 is 19.0 Å². The SMILES string of the molecule is C[C@@H](Oc1cccc(Cl)c1)C(=O)N/N=C\c1ccc2c(c1)OCO2. The maximum Gasteiger partial charge on any atom is 0.280 e. The minimum Gasteiger partial charge on any atom is -0.481 e. The molecular formula is C17H15ClN2O4. The second-order valence-electron chi connectivity index (χ2n) is 5.06. The van der Waals surface area contributed by atoms with E-state index in [4.69, 9.17) is 25.8 Å². The highest BCUT2D eigenvalue weighted by Crippen LogP contribution is 2.31. The number of hydrogen-bond acceptors (Lipinski definition) is 5. The lowest BCUT2D eigenvalue weighted by molar-refractivity contribution is -0.127. The molecular weight excluding hydrogens is 332 g/mol. The van der Waals surface area contributed by atoms with E-state index in [1.54, 1.807) is 43.3 Å². The average molecular weight is 347 g/mol. The van der Waals surface area contributed by atoms with Crippen LogP contribution >= 0.6 is 11.6 Å². The zero-order chi connectivity index (χ0) is 16.9. The van der Waals surface area contributed by atoms with E-state index in [9.17, 15) is 4.79 Å². The Balaban J connectivity index is 1.54. The van der Waals surface area contributed by atoms with Gasteiger partial charge in [-0.3, -0.25) is 4.79 Å². The summed E-state index contributed by atoms with van der Waals surface area (Å²) >= 11 is 5.88. The maximum absolute atomic E-state index is 12.0. The molecule has 1 aliphatic rings. The first kappa shape index (κ1) is 16.1. The highest BCUT2D eigenvalue weighted by atomic mass is 35.5. The summed E-state index contributed by atoms with van der Waals surface area (Å²) in [4.78, 5) is 12.0. The number of fused-ring (bicyclic) bond motifs is 1. The first-order valence-corrected chi connectivity index (χ1v) is 7.64.